The number of halogens is 3. The zero-order valence-corrected chi connectivity index (χ0v) is 22.7. The molecule has 6 rings (SSSR count). The zero-order valence-electron chi connectivity index (χ0n) is 22.7. The topological polar surface area (TPSA) is 113 Å². The Balaban J connectivity index is 1.59. The summed E-state index contributed by atoms with van der Waals surface area (Å²) in [5.41, 5.74) is 7.39. The van der Waals surface area contributed by atoms with Gasteiger partial charge in [0.05, 0.1) is 28.8 Å². The fourth-order valence-electron chi connectivity index (χ4n) is 4.93. The van der Waals surface area contributed by atoms with Crippen molar-refractivity contribution in [1.29, 1.82) is 0 Å². The van der Waals surface area contributed by atoms with Crippen molar-refractivity contribution in [1.82, 2.24) is 29.1 Å². The summed E-state index contributed by atoms with van der Waals surface area (Å²) in [6, 6.07) is 11.7. The van der Waals surface area contributed by atoms with E-state index in [1.807, 2.05) is 0 Å². The van der Waals surface area contributed by atoms with Crippen LogP contribution in [0.1, 0.15) is 32.5 Å². The minimum absolute atomic E-state index is 0.0542. The summed E-state index contributed by atoms with van der Waals surface area (Å²) < 4.78 is 51.5. The van der Waals surface area contributed by atoms with Crippen molar-refractivity contribution in [3.8, 4) is 28.1 Å². The van der Waals surface area contributed by atoms with Crippen molar-refractivity contribution in [2.45, 2.75) is 32.9 Å². The van der Waals surface area contributed by atoms with Crippen LogP contribution >= 0.6 is 0 Å². The van der Waals surface area contributed by atoms with Crippen LogP contribution in [0.2, 0.25) is 0 Å². The molecule has 212 valence electrons. The van der Waals surface area contributed by atoms with Crippen molar-refractivity contribution >= 4 is 22.5 Å². The number of nitrogens with zero attached hydrogens (tertiary/aromatic N) is 6. The van der Waals surface area contributed by atoms with Gasteiger partial charge in [0.15, 0.2) is 17.2 Å². The van der Waals surface area contributed by atoms with E-state index in [0.29, 0.717) is 22.3 Å². The van der Waals surface area contributed by atoms with Crippen LogP contribution in [-0.2, 0) is 0 Å². The van der Waals surface area contributed by atoms with Crippen molar-refractivity contribution in [3.63, 3.8) is 0 Å². The van der Waals surface area contributed by atoms with Gasteiger partial charge in [-0.05, 0) is 68.8 Å². The van der Waals surface area contributed by atoms with Crippen molar-refractivity contribution < 1.29 is 17.9 Å². The third kappa shape index (κ3) is 4.60. The highest BCUT2D eigenvalue weighted by Gasteiger charge is 2.26. The van der Waals surface area contributed by atoms with Gasteiger partial charge in [-0.3, -0.25) is 9.20 Å². The van der Waals surface area contributed by atoms with E-state index < -0.39 is 29.1 Å². The first-order valence-electron chi connectivity index (χ1n) is 13.1. The number of rotatable bonds is 6. The number of aromatic nitrogens is 6. The first kappa shape index (κ1) is 26.9. The molecule has 12 heteroatoms. The minimum Gasteiger partial charge on any atom is -0.488 e. The molecule has 4 aromatic heterocycles. The highest BCUT2D eigenvalue weighted by molar-refractivity contribution is 5.98. The zero-order chi connectivity index (χ0) is 29.7. The minimum atomic E-state index is -0.773. The number of benzene rings is 2. The molecule has 0 aliphatic rings. The van der Waals surface area contributed by atoms with Gasteiger partial charge in [-0.25, -0.2) is 32.8 Å². The predicted molar refractivity (Wildman–Crippen MR) is 152 cm³/mol. The predicted octanol–water partition coefficient (Wildman–Crippen LogP) is 5.56. The highest BCUT2D eigenvalue weighted by atomic mass is 19.1. The Morgan fingerprint density at radius 2 is 1.74 bits per heavy atom. The molecule has 0 unspecified atom stereocenters. The third-order valence-electron chi connectivity index (χ3n) is 6.78. The molecule has 9 nitrogen and oxygen atoms in total. The van der Waals surface area contributed by atoms with E-state index in [9.17, 15) is 18.0 Å². The molecule has 0 amide bonds. The van der Waals surface area contributed by atoms with Crippen LogP contribution in [0.5, 0.6) is 5.75 Å². The van der Waals surface area contributed by atoms with Gasteiger partial charge < -0.3 is 10.5 Å². The van der Waals surface area contributed by atoms with E-state index in [1.54, 1.807) is 32.9 Å². The van der Waals surface area contributed by atoms with Gasteiger partial charge in [0.2, 0.25) is 0 Å². The van der Waals surface area contributed by atoms with Crippen LogP contribution in [0.25, 0.3) is 39.1 Å². The van der Waals surface area contributed by atoms with E-state index >= 15 is 0 Å². The average molecular weight is 572 g/mol. The Kier molecular flexibility index (Phi) is 6.60. The SMILES string of the molecule is CC(C)Oc1ccc(-c2nn([C@H](C)c3nc4ccc(F)cn4c(=O)c3-c3cccc(F)c3)c3ncnc(N)c23)cc1F. The molecule has 0 radical (unpaired) electrons. The molecule has 6 aromatic rings. The van der Waals surface area contributed by atoms with E-state index in [4.69, 9.17) is 15.6 Å². The van der Waals surface area contributed by atoms with Crippen LogP contribution < -0.4 is 16.0 Å². The van der Waals surface area contributed by atoms with Crippen LogP contribution in [0.15, 0.2) is 71.9 Å². The number of fused-ring (bicyclic) bond motifs is 2. The second-order valence-electron chi connectivity index (χ2n) is 10.0. The lowest BCUT2D eigenvalue weighted by Gasteiger charge is -2.18. The number of anilines is 1. The Labute approximate surface area is 237 Å². The van der Waals surface area contributed by atoms with Crippen molar-refractivity contribution in [2.75, 3.05) is 5.73 Å². The standard InChI is InChI=1S/C30H24F3N7O2/c1-15(2)42-22-9-7-18(12-21(22)33)27-25-28(34)35-14-36-29(25)40(38-27)16(3)26-24(17-5-4-6-19(31)11-17)30(41)39-13-20(32)8-10-23(39)37-26/h4-16H,1-3H3,(H2,34,35,36)/t16-/m1/s1. The van der Waals surface area contributed by atoms with Gasteiger partial charge in [0, 0.05) is 11.8 Å². The van der Waals surface area contributed by atoms with Crippen molar-refractivity contribution in [3.05, 3.63) is 101 Å². The maximum Gasteiger partial charge on any atom is 0.266 e. The number of hydrogen-bond acceptors (Lipinski definition) is 7. The van der Waals surface area contributed by atoms with Crippen LogP contribution in [0, 0.1) is 17.5 Å². The molecule has 0 fully saturated rings. The molecule has 0 saturated heterocycles. The smallest absolute Gasteiger partial charge is 0.266 e. The summed E-state index contributed by atoms with van der Waals surface area (Å²) >= 11 is 0. The van der Waals surface area contributed by atoms with E-state index in [0.717, 1.165) is 10.6 Å². The largest absolute Gasteiger partial charge is 0.488 e. The third-order valence-corrected chi connectivity index (χ3v) is 6.78. The molecule has 0 aliphatic carbocycles. The Hall–Kier alpha value is -5.26. The molecule has 0 spiro atoms. The van der Waals surface area contributed by atoms with E-state index in [2.05, 4.69) is 15.0 Å². The van der Waals surface area contributed by atoms with Gasteiger partial charge in [-0.1, -0.05) is 12.1 Å². The van der Waals surface area contributed by atoms with Gasteiger partial charge >= 0.3 is 0 Å². The number of nitrogens with two attached hydrogens (primary N) is 1. The van der Waals surface area contributed by atoms with E-state index in [1.165, 1.54) is 53.5 Å². The molecule has 2 N–H and O–H groups in total. The Morgan fingerprint density at radius 1 is 0.929 bits per heavy atom. The summed E-state index contributed by atoms with van der Waals surface area (Å²) in [7, 11) is 0. The summed E-state index contributed by atoms with van der Waals surface area (Å²) in [6.07, 6.45) is 2.07. The normalized spacial score (nSPS) is 12.4. The molecule has 0 aliphatic heterocycles. The summed E-state index contributed by atoms with van der Waals surface area (Å²) in [6.45, 7) is 5.33. The molecule has 42 heavy (non-hydrogen) atoms. The lowest BCUT2D eigenvalue weighted by Crippen LogP contribution is -2.23. The van der Waals surface area contributed by atoms with Crippen LogP contribution in [0.4, 0.5) is 19.0 Å². The number of nitrogen functional groups attached to an aromatic ring is 1. The fourth-order valence-corrected chi connectivity index (χ4v) is 4.93. The fraction of sp³-hybridized carbons (Fsp3) is 0.167. The Bertz CT molecular complexity index is 2060. The maximum absolute atomic E-state index is 15.0. The van der Waals surface area contributed by atoms with Gasteiger partial charge in [-0.2, -0.15) is 5.10 Å². The summed E-state index contributed by atoms with van der Waals surface area (Å²) in [4.78, 5) is 26.9. The van der Waals surface area contributed by atoms with Crippen LogP contribution in [-0.4, -0.2) is 35.2 Å². The molecule has 0 bridgehead atoms. The second-order valence-corrected chi connectivity index (χ2v) is 10.0. The first-order chi connectivity index (χ1) is 20.1. The second kappa shape index (κ2) is 10.3. The lowest BCUT2D eigenvalue weighted by molar-refractivity contribution is 0.231. The van der Waals surface area contributed by atoms with E-state index in [-0.39, 0.29) is 40.1 Å². The lowest BCUT2D eigenvalue weighted by atomic mass is 10.0. The quantitative estimate of drug-likeness (QED) is 0.278. The maximum atomic E-state index is 15.0. The molecule has 2 aromatic carbocycles. The summed E-state index contributed by atoms with van der Waals surface area (Å²) in [5, 5.41) is 5.12. The van der Waals surface area contributed by atoms with Crippen molar-refractivity contribution in [2.24, 2.45) is 0 Å². The molecular formula is C30H24F3N7O2. The number of ether oxygens (including phenoxy) is 1. The molecule has 1 atom stereocenters. The highest BCUT2D eigenvalue weighted by Crippen LogP contribution is 2.36. The van der Waals surface area contributed by atoms with Crippen LogP contribution in [0.3, 0.4) is 0 Å². The molecular weight excluding hydrogens is 547 g/mol. The number of hydrogen-bond donors (Lipinski definition) is 1. The van der Waals surface area contributed by atoms with Gasteiger partial charge in [0.25, 0.3) is 5.56 Å². The summed E-state index contributed by atoms with van der Waals surface area (Å²) in [5.74, 6) is -1.58. The number of pyridine rings is 1. The monoisotopic (exact) mass is 571 g/mol. The molecule has 4 heterocycles. The van der Waals surface area contributed by atoms with Gasteiger partial charge in [0.1, 0.15) is 35.1 Å². The first-order valence-corrected chi connectivity index (χ1v) is 13.1. The Morgan fingerprint density at radius 3 is 2.48 bits per heavy atom. The average Bonchev–Trinajstić information content (AvgIpc) is 3.35. The molecule has 0 saturated carbocycles. The van der Waals surface area contributed by atoms with Gasteiger partial charge in [-0.15, -0.1) is 0 Å².